The molecule has 1 unspecified atom stereocenters. The predicted molar refractivity (Wildman–Crippen MR) is 89.8 cm³/mol. The van der Waals surface area contributed by atoms with Crippen LogP contribution >= 0.6 is 11.6 Å². The van der Waals surface area contributed by atoms with E-state index in [4.69, 9.17) is 27.3 Å². The van der Waals surface area contributed by atoms with Gasteiger partial charge in [0.15, 0.2) is 6.10 Å². The monoisotopic (exact) mass is 343 g/mol. The van der Waals surface area contributed by atoms with Crippen molar-refractivity contribution in [3.8, 4) is 11.8 Å². The second-order valence-corrected chi connectivity index (χ2v) is 5.38. The molecular weight excluding hydrogens is 330 g/mol. The molecular formula is C17H14ClN3O3. The van der Waals surface area contributed by atoms with Gasteiger partial charge in [0.2, 0.25) is 0 Å². The molecule has 2 aromatic carbocycles. The molecule has 0 aliphatic carbocycles. The van der Waals surface area contributed by atoms with Crippen molar-refractivity contribution in [3.05, 3.63) is 58.6 Å². The Morgan fingerprint density at radius 2 is 1.92 bits per heavy atom. The maximum atomic E-state index is 12.2. The fraction of sp³-hybridized carbons (Fsp3) is 0.118. The van der Waals surface area contributed by atoms with E-state index in [1.165, 1.54) is 18.2 Å². The Balaban J connectivity index is 2.10. The third-order valence-electron chi connectivity index (χ3n) is 3.17. The summed E-state index contributed by atoms with van der Waals surface area (Å²) in [5.41, 5.74) is 6.14. The Hall–Kier alpha value is -3.04. The van der Waals surface area contributed by atoms with Crippen molar-refractivity contribution < 1.29 is 14.3 Å². The van der Waals surface area contributed by atoms with Crippen LogP contribution < -0.4 is 15.8 Å². The number of rotatable bonds is 5. The van der Waals surface area contributed by atoms with E-state index in [2.05, 4.69) is 5.32 Å². The summed E-state index contributed by atoms with van der Waals surface area (Å²) in [4.78, 5) is 23.6. The molecule has 3 N–H and O–H groups in total. The van der Waals surface area contributed by atoms with Gasteiger partial charge in [0.1, 0.15) is 5.75 Å². The van der Waals surface area contributed by atoms with Gasteiger partial charge in [-0.1, -0.05) is 11.6 Å². The van der Waals surface area contributed by atoms with Crippen LogP contribution in [0.4, 0.5) is 5.69 Å². The van der Waals surface area contributed by atoms with Crippen molar-refractivity contribution in [2.45, 2.75) is 13.0 Å². The summed E-state index contributed by atoms with van der Waals surface area (Å²) in [6, 6.07) is 12.7. The third-order valence-corrected chi connectivity index (χ3v) is 3.41. The van der Waals surface area contributed by atoms with Crippen LogP contribution in [-0.4, -0.2) is 17.9 Å². The molecule has 0 aliphatic heterocycles. The molecule has 7 heteroatoms. The summed E-state index contributed by atoms with van der Waals surface area (Å²) in [6.45, 7) is 1.56. The molecule has 2 amide bonds. The van der Waals surface area contributed by atoms with Crippen molar-refractivity contribution in [3.63, 3.8) is 0 Å². The highest BCUT2D eigenvalue weighted by Gasteiger charge is 2.18. The average molecular weight is 344 g/mol. The normalized spacial score (nSPS) is 11.2. The van der Waals surface area contributed by atoms with Crippen molar-refractivity contribution in [2.75, 3.05) is 5.32 Å². The first-order valence-electron chi connectivity index (χ1n) is 6.97. The van der Waals surface area contributed by atoms with Crippen LogP contribution in [-0.2, 0) is 4.79 Å². The van der Waals surface area contributed by atoms with Crippen LogP contribution in [0.2, 0.25) is 5.02 Å². The number of primary amides is 1. The molecule has 24 heavy (non-hydrogen) atoms. The third kappa shape index (κ3) is 4.24. The fourth-order valence-corrected chi connectivity index (χ4v) is 2.11. The molecule has 0 radical (unpaired) electrons. The number of nitriles is 1. The Morgan fingerprint density at radius 3 is 2.50 bits per heavy atom. The number of hydrogen-bond donors (Lipinski definition) is 2. The van der Waals surface area contributed by atoms with E-state index in [1.54, 1.807) is 31.2 Å². The number of nitrogens with zero attached hydrogens (tertiary/aromatic N) is 1. The van der Waals surface area contributed by atoms with Crippen LogP contribution in [0, 0.1) is 11.3 Å². The Bertz CT molecular complexity index is 813. The van der Waals surface area contributed by atoms with Crippen LogP contribution in [0.1, 0.15) is 22.8 Å². The first kappa shape index (κ1) is 17.3. The Kier molecular flexibility index (Phi) is 5.40. The van der Waals surface area contributed by atoms with E-state index >= 15 is 0 Å². The zero-order valence-electron chi connectivity index (χ0n) is 12.7. The summed E-state index contributed by atoms with van der Waals surface area (Å²) in [5.74, 6) is -0.704. The molecule has 6 nitrogen and oxygen atoms in total. The second kappa shape index (κ2) is 7.49. The first-order valence-corrected chi connectivity index (χ1v) is 7.35. The van der Waals surface area contributed by atoms with E-state index in [0.29, 0.717) is 16.3 Å². The van der Waals surface area contributed by atoms with Crippen LogP contribution in [0.5, 0.6) is 5.75 Å². The zero-order chi connectivity index (χ0) is 17.7. The number of carbonyl (C=O) groups excluding carboxylic acids is 2. The number of amides is 2. The predicted octanol–water partition coefficient (Wildman–Crippen LogP) is 2.72. The number of anilines is 1. The number of nitrogens with two attached hydrogens (primary N) is 1. The number of carbonyl (C=O) groups is 2. The minimum atomic E-state index is -0.836. The van der Waals surface area contributed by atoms with E-state index < -0.39 is 17.9 Å². The van der Waals surface area contributed by atoms with E-state index in [9.17, 15) is 9.59 Å². The summed E-state index contributed by atoms with van der Waals surface area (Å²) < 4.78 is 5.51. The summed E-state index contributed by atoms with van der Waals surface area (Å²) in [5, 5.41) is 11.7. The molecule has 0 saturated heterocycles. The van der Waals surface area contributed by atoms with Crippen LogP contribution in [0.25, 0.3) is 0 Å². The molecule has 0 spiro atoms. The molecule has 0 heterocycles. The number of ether oxygens (including phenoxy) is 1. The van der Waals surface area contributed by atoms with Gasteiger partial charge in [-0.2, -0.15) is 5.26 Å². The SMILES string of the molecule is CC(Oc1ccc(C#N)cc1)C(=O)Nc1cc(Cl)ccc1C(N)=O. The number of benzene rings is 2. The molecule has 0 aliphatic rings. The van der Waals surface area contributed by atoms with Crippen LogP contribution in [0.15, 0.2) is 42.5 Å². The topological polar surface area (TPSA) is 105 Å². The van der Waals surface area contributed by atoms with Gasteiger partial charge in [0.05, 0.1) is 22.9 Å². The highest BCUT2D eigenvalue weighted by atomic mass is 35.5. The lowest BCUT2D eigenvalue weighted by molar-refractivity contribution is -0.122. The molecule has 0 bridgehead atoms. The second-order valence-electron chi connectivity index (χ2n) is 4.94. The minimum absolute atomic E-state index is 0.151. The van der Waals surface area contributed by atoms with Crippen molar-refractivity contribution >= 4 is 29.1 Å². The summed E-state index contributed by atoms with van der Waals surface area (Å²) >= 11 is 5.88. The van der Waals surface area contributed by atoms with Gasteiger partial charge in [-0.3, -0.25) is 9.59 Å². The van der Waals surface area contributed by atoms with Crippen molar-refractivity contribution in [1.29, 1.82) is 5.26 Å². The van der Waals surface area contributed by atoms with E-state index in [-0.39, 0.29) is 11.3 Å². The maximum Gasteiger partial charge on any atom is 0.265 e. The van der Waals surface area contributed by atoms with Crippen LogP contribution in [0.3, 0.4) is 0 Å². The first-order chi connectivity index (χ1) is 11.4. The molecule has 0 saturated carbocycles. The van der Waals surface area contributed by atoms with Gasteiger partial charge in [-0.25, -0.2) is 0 Å². The Labute approximate surface area is 143 Å². The molecule has 0 aromatic heterocycles. The molecule has 122 valence electrons. The lowest BCUT2D eigenvalue weighted by Gasteiger charge is -2.16. The molecule has 1 atom stereocenters. The van der Waals surface area contributed by atoms with Crippen molar-refractivity contribution in [2.24, 2.45) is 5.73 Å². The van der Waals surface area contributed by atoms with Gasteiger partial charge in [0.25, 0.3) is 11.8 Å². The molecule has 0 fully saturated rings. The number of nitrogens with one attached hydrogen (secondary N) is 1. The number of halogens is 1. The lowest BCUT2D eigenvalue weighted by Crippen LogP contribution is -2.31. The fourth-order valence-electron chi connectivity index (χ4n) is 1.93. The molecule has 2 aromatic rings. The highest BCUT2D eigenvalue weighted by Crippen LogP contribution is 2.21. The van der Waals surface area contributed by atoms with Gasteiger partial charge < -0.3 is 15.8 Å². The maximum absolute atomic E-state index is 12.2. The quantitative estimate of drug-likeness (QED) is 0.870. The largest absolute Gasteiger partial charge is 0.481 e. The van der Waals surface area contributed by atoms with Gasteiger partial charge in [0, 0.05) is 5.02 Å². The van der Waals surface area contributed by atoms with Gasteiger partial charge in [-0.05, 0) is 49.4 Å². The lowest BCUT2D eigenvalue weighted by atomic mass is 10.1. The van der Waals surface area contributed by atoms with Gasteiger partial charge >= 0.3 is 0 Å². The van der Waals surface area contributed by atoms with Gasteiger partial charge in [-0.15, -0.1) is 0 Å². The smallest absolute Gasteiger partial charge is 0.265 e. The van der Waals surface area contributed by atoms with Crippen molar-refractivity contribution in [1.82, 2.24) is 0 Å². The van der Waals surface area contributed by atoms with E-state index in [0.717, 1.165) is 0 Å². The minimum Gasteiger partial charge on any atom is -0.481 e. The average Bonchev–Trinajstić information content (AvgIpc) is 2.55. The summed E-state index contributed by atoms with van der Waals surface area (Å²) in [7, 11) is 0. The zero-order valence-corrected chi connectivity index (χ0v) is 13.5. The standard InChI is InChI=1S/C17H14ClN3O3/c1-10(24-13-5-2-11(9-19)3-6-13)17(23)21-15-8-12(18)4-7-14(15)16(20)22/h2-8,10H,1H3,(H2,20,22)(H,21,23). The summed E-state index contributed by atoms with van der Waals surface area (Å²) in [6.07, 6.45) is -0.836. The van der Waals surface area contributed by atoms with E-state index in [1.807, 2.05) is 6.07 Å². The Morgan fingerprint density at radius 1 is 1.25 bits per heavy atom. The number of hydrogen-bond acceptors (Lipinski definition) is 4. The molecule has 2 rings (SSSR count). The highest BCUT2D eigenvalue weighted by molar-refractivity contribution is 6.31.